The predicted octanol–water partition coefficient (Wildman–Crippen LogP) is 4.17. The lowest BCUT2D eigenvalue weighted by molar-refractivity contribution is -0.117. The average Bonchev–Trinajstić information content (AvgIpc) is 2.73. The van der Waals surface area contributed by atoms with Crippen LogP contribution in [-0.2, 0) is 9.67 Å². The van der Waals surface area contributed by atoms with E-state index in [-0.39, 0.29) is 5.91 Å². The molecule has 3 nitrogen and oxygen atoms in total. The zero-order valence-corrected chi connectivity index (χ0v) is 12.8. The van der Waals surface area contributed by atoms with E-state index in [1.807, 2.05) is 13.0 Å². The van der Waals surface area contributed by atoms with Gasteiger partial charge in [-0.2, -0.15) is 0 Å². The second-order valence-corrected chi connectivity index (χ2v) is 5.71. The summed E-state index contributed by atoms with van der Waals surface area (Å²) in [6, 6.07) is 12.5. The summed E-state index contributed by atoms with van der Waals surface area (Å²) in [7, 11) is 0. The fourth-order valence-electron chi connectivity index (χ4n) is 2.51. The first-order valence-corrected chi connectivity index (χ1v) is 7.35. The summed E-state index contributed by atoms with van der Waals surface area (Å²) in [4.78, 5) is 11.1. The van der Waals surface area contributed by atoms with Crippen molar-refractivity contribution in [1.29, 1.82) is 0 Å². The Morgan fingerprint density at radius 1 is 1.19 bits per heavy atom. The topological polar surface area (TPSA) is 38.3 Å². The Kier molecular flexibility index (Phi) is 3.56. The lowest BCUT2D eigenvalue weighted by Crippen LogP contribution is -2.29. The molecule has 0 spiro atoms. The number of alkyl halides is 1. The van der Waals surface area contributed by atoms with Crippen LogP contribution in [0.2, 0.25) is 5.02 Å². The maximum Gasteiger partial charge on any atom is 0.254 e. The number of carbonyl (C=O) groups excluding carboxylic acids is 1. The van der Waals surface area contributed by atoms with Gasteiger partial charge in [-0.15, -0.1) is 0 Å². The molecule has 1 heterocycles. The summed E-state index contributed by atoms with van der Waals surface area (Å²) in [6.07, 6.45) is 0. The molecule has 0 bridgehead atoms. The summed E-state index contributed by atoms with van der Waals surface area (Å²) in [5, 5.41) is 3.25. The van der Waals surface area contributed by atoms with Crippen LogP contribution in [0, 0.1) is 0 Å². The van der Waals surface area contributed by atoms with Crippen molar-refractivity contribution in [2.45, 2.75) is 11.8 Å². The molecule has 0 aliphatic carbocycles. The number of carbonyl (C=O) groups is 1. The van der Waals surface area contributed by atoms with E-state index in [1.165, 1.54) is 0 Å². The van der Waals surface area contributed by atoms with E-state index < -0.39 is 4.87 Å². The minimum Gasteiger partial charge on any atom is -0.494 e. The van der Waals surface area contributed by atoms with Gasteiger partial charge in [0.2, 0.25) is 0 Å². The third-order valence-corrected chi connectivity index (χ3v) is 4.39. The minimum absolute atomic E-state index is 0.305. The van der Waals surface area contributed by atoms with E-state index in [0.29, 0.717) is 34.2 Å². The first kappa shape index (κ1) is 14.2. The molecule has 1 N–H and O–H groups in total. The van der Waals surface area contributed by atoms with Crippen LogP contribution in [0.5, 0.6) is 5.75 Å². The molecule has 0 saturated carbocycles. The molecule has 0 saturated heterocycles. The number of nitrogens with one attached hydrogen (secondary N) is 1. The van der Waals surface area contributed by atoms with Crippen LogP contribution < -0.4 is 10.1 Å². The second kappa shape index (κ2) is 5.24. The van der Waals surface area contributed by atoms with E-state index in [2.05, 4.69) is 5.32 Å². The number of hydrogen-bond acceptors (Lipinski definition) is 2. The van der Waals surface area contributed by atoms with Crippen LogP contribution in [-0.4, -0.2) is 12.5 Å². The number of halogens is 2. The second-order valence-electron chi connectivity index (χ2n) is 4.73. The first-order valence-electron chi connectivity index (χ1n) is 6.60. The van der Waals surface area contributed by atoms with Crippen molar-refractivity contribution < 1.29 is 9.53 Å². The van der Waals surface area contributed by atoms with Gasteiger partial charge in [-0.05, 0) is 31.2 Å². The SMILES string of the molecule is CCOc1ccc2c(c1)C(Cl)(c1ccccc1Cl)C(=O)N2. The Hall–Kier alpha value is -1.71. The van der Waals surface area contributed by atoms with E-state index >= 15 is 0 Å². The van der Waals surface area contributed by atoms with Crippen molar-refractivity contribution in [1.82, 2.24) is 0 Å². The average molecular weight is 322 g/mol. The summed E-state index contributed by atoms with van der Waals surface area (Å²) >= 11 is 12.9. The Bertz CT molecular complexity index is 717. The van der Waals surface area contributed by atoms with E-state index in [9.17, 15) is 4.79 Å². The fraction of sp³-hybridized carbons (Fsp3) is 0.188. The number of rotatable bonds is 3. The Morgan fingerprint density at radius 2 is 1.95 bits per heavy atom. The van der Waals surface area contributed by atoms with E-state index in [1.54, 1.807) is 36.4 Å². The summed E-state index contributed by atoms with van der Waals surface area (Å²) in [6.45, 7) is 2.44. The first-order chi connectivity index (χ1) is 10.1. The van der Waals surface area contributed by atoms with Gasteiger partial charge in [0, 0.05) is 21.8 Å². The van der Waals surface area contributed by atoms with Crippen molar-refractivity contribution in [2.24, 2.45) is 0 Å². The van der Waals surface area contributed by atoms with Crippen LogP contribution in [0.15, 0.2) is 42.5 Å². The quantitative estimate of drug-likeness (QED) is 0.861. The molecule has 5 heteroatoms. The molecule has 1 unspecified atom stereocenters. The normalized spacial score (nSPS) is 20.0. The number of hydrogen-bond donors (Lipinski definition) is 1. The molecule has 1 aliphatic heterocycles. The third kappa shape index (κ3) is 2.17. The highest BCUT2D eigenvalue weighted by molar-refractivity contribution is 6.43. The molecular formula is C16H13Cl2NO2. The fourth-order valence-corrected chi connectivity index (χ4v) is 3.21. The van der Waals surface area contributed by atoms with Crippen LogP contribution >= 0.6 is 23.2 Å². The third-order valence-electron chi connectivity index (χ3n) is 3.48. The molecule has 21 heavy (non-hydrogen) atoms. The molecule has 108 valence electrons. The molecule has 0 fully saturated rings. The Labute approximate surface area is 132 Å². The van der Waals surface area contributed by atoms with Crippen molar-refractivity contribution in [2.75, 3.05) is 11.9 Å². The molecule has 0 radical (unpaired) electrons. The van der Waals surface area contributed by atoms with Crippen LogP contribution in [0.1, 0.15) is 18.1 Å². The zero-order chi connectivity index (χ0) is 15.0. The summed E-state index contributed by atoms with van der Waals surface area (Å²) in [5.41, 5.74) is 1.91. The van der Waals surface area contributed by atoms with Gasteiger partial charge in [0.1, 0.15) is 5.75 Å². The Morgan fingerprint density at radius 3 is 2.67 bits per heavy atom. The molecule has 0 aromatic heterocycles. The highest BCUT2D eigenvalue weighted by Gasteiger charge is 2.48. The van der Waals surface area contributed by atoms with Gasteiger partial charge in [0.05, 0.1) is 6.61 Å². The maximum absolute atomic E-state index is 12.4. The van der Waals surface area contributed by atoms with Gasteiger partial charge in [-0.1, -0.05) is 41.4 Å². The van der Waals surface area contributed by atoms with Gasteiger partial charge in [0.15, 0.2) is 4.87 Å². The van der Waals surface area contributed by atoms with Crippen LogP contribution in [0.25, 0.3) is 0 Å². The molecular weight excluding hydrogens is 309 g/mol. The molecule has 3 rings (SSSR count). The van der Waals surface area contributed by atoms with Crippen LogP contribution in [0.3, 0.4) is 0 Å². The summed E-state index contributed by atoms with van der Waals surface area (Å²) < 4.78 is 5.50. The van der Waals surface area contributed by atoms with Crippen molar-refractivity contribution in [3.05, 3.63) is 58.6 Å². The highest BCUT2D eigenvalue weighted by atomic mass is 35.5. The van der Waals surface area contributed by atoms with Gasteiger partial charge >= 0.3 is 0 Å². The monoisotopic (exact) mass is 321 g/mol. The van der Waals surface area contributed by atoms with Crippen molar-refractivity contribution in [3.8, 4) is 5.75 Å². The molecule has 1 amide bonds. The number of fused-ring (bicyclic) bond motifs is 1. The molecule has 2 aromatic carbocycles. The van der Waals surface area contributed by atoms with Gasteiger partial charge in [-0.25, -0.2) is 0 Å². The Balaban J connectivity index is 2.19. The lowest BCUT2D eigenvalue weighted by Gasteiger charge is -2.21. The van der Waals surface area contributed by atoms with Crippen molar-refractivity contribution >= 4 is 34.8 Å². The van der Waals surface area contributed by atoms with Crippen molar-refractivity contribution in [3.63, 3.8) is 0 Å². The molecule has 1 atom stereocenters. The summed E-state index contributed by atoms with van der Waals surface area (Å²) in [5.74, 6) is 0.366. The van der Waals surface area contributed by atoms with Gasteiger partial charge < -0.3 is 10.1 Å². The number of amides is 1. The van der Waals surface area contributed by atoms with E-state index in [0.717, 1.165) is 0 Å². The standard InChI is InChI=1S/C16H13Cl2NO2/c1-2-21-10-7-8-14-12(9-10)16(18,15(20)19-14)11-5-3-4-6-13(11)17/h3-9H,2H2,1H3,(H,19,20). The maximum atomic E-state index is 12.4. The predicted molar refractivity (Wildman–Crippen MR) is 84.3 cm³/mol. The zero-order valence-electron chi connectivity index (χ0n) is 11.3. The highest BCUT2D eigenvalue weighted by Crippen LogP contribution is 2.49. The number of anilines is 1. The van der Waals surface area contributed by atoms with Crippen LogP contribution in [0.4, 0.5) is 5.69 Å². The van der Waals surface area contributed by atoms with E-state index in [4.69, 9.17) is 27.9 Å². The number of ether oxygens (including phenoxy) is 1. The van der Waals surface area contributed by atoms with Gasteiger partial charge in [0.25, 0.3) is 5.91 Å². The minimum atomic E-state index is -1.33. The largest absolute Gasteiger partial charge is 0.494 e. The smallest absolute Gasteiger partial charge is 0.254 e. The number of benzene rings is 2. The molecule has 1 aliphatic rings. The van der Waals surface area contributed by atoms with Gasteiger partial charge in [-0.3, -0.25) is 4.79 Å². The molecule has 2 aromatic rings. The lowest BCUT2D eigenvalue weighted by atomic mass is 9.91.